The van der Waals surface area contributed by atoms with E-state index in [2.05, 4.69) is 4.99 Å². The monoisotopic (exact) mass is 456 g/mol. The van der Waals surface area contributed by atoms with Crippen molar-refractivity contribution in [2.45, 2.75) is 19.9 Å². The molecule has 0 saturated heterocycles. The number of ether oxygens (including phenoxy) is 1. The quantitative estimate of drug-likeness (QED) is 0.524. The number of benzene rings is 2. The maximum atomic E-state index is 13.4. The fourth-order valence-corrected chi connectivity index (χ4v) is 4.61. The molecule has 2 aromatic carbocycles. The van der Waals surface area contributed by atoms with Gasteiger partial charge in [0.25, 0.3) is 5.56 Å². The Morgan fingerprint density at radius 1 is 1.06 bits per heavy atom. The maximum absolute atomic E-state index is 13.4. The zero-order valence-corrected chi connectivity index (χ0v) is 19.3. The molecule has 0 N–H and O–H groups in total. The van der Waals surface area contributed by atoms with Gasteiger partial charge in [0.1, 0.15) is 0 Å². The second kappa shape index (κ2) is 10.2. The van der Waals surface area contributed by atoms with E-state index in [4.69, 9.17) is 4.74 Å². The van der Waals surface area contributed by atoms with E-state index in [9.17, 15) is 9.59 Å². The summed E-state index contributed by atoms with van der Waals surface area (Å²) >= 11 is 1.31. The number of thiazole rings is 1. The van der Waals surface area contributed by atoms with Gasteiger partial charge in [0.15, 0.2) is 4.80 Å². The lowest BCUT2D eigenvalue weighted by Gasteiger charge is -2.21. The summed E-state index contributed by atoms with van der Waals surface area (Å²) in [5.74, 6) is -0.459. The highest BCUT2D eigenvalue weighted by Gasteiger charge is 2.30. The molecule has 33 heavy (non-hydrogen) atoms. The molecule has 0 spiro atoms. The summed E-state index contributed by atoms with van der Waals surface area (Å²) in [6.07, 6.45) is 9.37. The Labute approximate surface area is 196 Å². The molecule has 4 rings (SSSR count). The molecule has 166 valence electrons. The first-order valence-corrected chi connectivity index (χ1v) is 11.5. The maximum Gasteiger partial charge on any atom is 0.338 e. The summed E-state index contributed by atoms with van der Waals surface area (Å²) < 4.78 is 7.42. The molecule has 0 unspecified atom stereocenters. The molecule has 3 aromatic rings. The van der Waals surface area contributed by atoms with Crippen LogP contribution in [0.2, 0.25) is 0 Å². The third kappa shape index (κ3) is 5.02. The minimum absolute atomic E-state index is 0.187. The Bertz CT molecular complexity index is 1410. The van der Waals surface area contributed by atoms with E-state index in [1.807, 2.05) is 85.0 Å². The lowest BCUT2D eigenvalue weighted by atomic mass is 10.0. The van der Waals surface area contributed by atoms with Crippen LogP contribution in [0, 0.1) is 0 Å². The summed E-state index contributed by atoms with van der Waals surface area (Å²) in [5.41, 5.74) is 2.77. The van der Waals surface area contributed by atoms with Crippen molar-refractivity contribution in [1.29, 1.82) is 0 Å². The summed E-state index contributed by atoms with van der Waals surface area (Å²) in [6, 6.07) is 19.0. The van der Waals surface area contributed by atoms with E-state index in [1.54, 1.807) is 24.5 Å². The Morgan fingerprint density at radius 3 is 2.33 bits per heavy atom. The van der Waals surface area contributed by atoms with Crippen molar-refractivity contribution in [1.82, 2.24) is 4.57 Å². The highest BCUT2D eigenvalue weighted by molar-refractivity contribution is 7.07. The SMILES string of the molecule is CCOC(=O)C1=C(C)N=c2s/c(=C/C=C\c3ccccc3)c(=O)n2[C@H]1/C=C/c1ccccc1. The van der Waals surface area contributed by atoms with Crippen LogP contribution in [0.1, 0.15) is 31.0 Å². The fourth-order valence-electron chi connectivity index (χ4n) is 3.61. The van der Waals surface area contributed by atoms with Gasteiger partial charge in [-0.1, -0.05) is 96.3 Å². The van der Waals surface area contributed by atoms with Gasteiger partial charge < -0.3 is 4.74 Å². The average molecular weight is 457 g/mol. The first-order valence-electron chi connectivity index (χ1n) is 10.7. The second-order valence-electron chi connectivity index (χ2n) is 7.41. The van der Waals surface area contributed by atoms with E-state index in [1.165, 1.54) is 11.3 Å². The normalized spacial score (nSPS) is 16.3. The van der Waals surface area contributed by atoms with Gasteiger partial charge in [-0.3, -0.25) is 9.36 Å². The lowest BCUT2D eigenvalue weighted by Crippen LogP contribution is -2.38. The summed E-state index contributed by atoms with van der Waals surface area (Å²) in [5, 5.41) is 0. The van der Waals surface area contributed by atoms with Gasteiger partial charge >= 0.3 is 5.97 Å². The molecule has 0 amide bonds. The van der Waals surface area contributed by atoms with E-state index >= 15 is 0 Å². The Balaban J connectivity index is 1.79. The van der Waals surface area contributed by atoms with Crippen LogP contribution >= 0.6 is 11.3 Å². The Kier molecular flexibility index (Phi) is 6.95. The van der Waals surface area contributed by atoms with Crippen molar-refractivity contribution in [3.8, 4) is 0 Å². The number of carbonyl (C=O) groups is 1. The minimum atomic E-state index is -0.597. The molecular weight excluding hydrogens is 432 g/mol. The van der Waals surface area contributed by atoms with Crippen molar-refractivity contribution >= 4 is 35.5 Å². The third-order valence-electron chi connectivity index (χ3n) is 5.17. The zero-order valence-electron chi connectivity index (χ0n) is 18.5. The Morgan fingerprint density at radius 2 is 1.70 bits per heavy atom. The number of esters is 1. The van der Waals surface area contributed by atoms with Crippen LogP contribution in [-0.4, -0.2) is 17.1 Å². The number of hydrogen-bond acceptors (Lipinski definition) is 5. The number of hydrogen-bond donors (Lipinski definition) is 0. The molecule has 0 bridgehead atoms. The van der Waals surface area contributed by atoms with Crippen LogP contribution in [0.5, 0.6) is 0 Å². The van der Waals surface area contributed by atoms with Crippen LogP contribution in [0.3, 0.4) is 0 Å². The number of allylic oxidation sites excluding steroid dienone is 3. The molecular formula is C27H24N2O3S. The number of nitrogens with zero attached hydrogens (tertiary/aromatic N) is 2. The zero-order chi connectivity index (χ0) is 23.2. The molecule has 6 heteroatoms. The highest BCUT2D eigenvalue weighted by atomic mass is 32.1. The smallest absolute Gasteiger partial charge is 0.338 e. The van der Waals surface area contributed by atoms with Crippen LogP contribution in [0.15, 0.2) is 93.9 Å². The van der Waals surface area contributed by atoms with Crippen molar-refractivity contribution in [3.05, 3.63) is 115 Å². The van der Waals surface area contributed by atoms with Gasteiger partial charge in [-0.15, -0.1) is 0 Å². The largest absolute Gasteiger partial charge is 0.463 e. The lowest BCUT2D eigenvalue weighted by molar-refractivity contribution is -0.139. The van der Waals surface area contributed by atoms with Crippen LogP contribution in [0.25, 0.3) is 18.2 Å². The number of rotatable bonds is 6. The van der Waals surface area contributed by atoms with Gasteiger partial charge in [-0.25, -0.2) is 9.79 Å². The third-order valence-corrected chi connectivity index (χ3v) is 6.17. The average Bonchev–Trinajstić information content (AvgIpc) is 3.13. The van der Waals surface area contributed by atoms with Crippen molar-refractivity contribution in [2.24, 2.45) is 4.99 Å². The molecule has 1 aliphatic rings. The number of aromatic nitrogens is 1. The first kappa shape index (κ1) is 22.4. The summed E-state index contributed by atoms with van der Waals surface area (Å²) in [7, 11) is 0. The molecule has 5 nitrogen and oxygen atoms in total. The fraction of sp³-hybridized carbons (Fsp3) is 0.148. The van der Waals surface area contributed by atoms with Crippen LogP contribution in [0.4, 0.5) is 0 Å². The highest BCUT2D eigenvalue weighted by Crippen LogP contribution is 2.26. The first-order chi connectivity index (χ1) is 16.1. The minimum Gasteiger partial charge on any atom is -0.463 e. The van der Waals surface area contributed by atoms with Crippen molar-refractivity contribution in [2.75, 3.05) is 6.61 Å². The van der Waals surface area contributed by atoms with Crippen molar-refractivity contribution < 1.29 is 9.53 Å². The Hall–Kier alpha value is -3.77. The van der Waals surface area contributed by atoms with E-state index in [0.29, 0.717) is 20.6 Å². The molecule has 1 aliphatic heterocycles. The van der Waals surface area contributed by atoms with Gasteiger partial charge in [-0.05, 0) is 31.1 Å². The van der Waals surface area contributed by atoms with Gasteiger partial charge in [0.05, 0.1) is 28.5 Å². The van der Waals surface area contributed by atoms with Crippen LogP contribution in [-0.2, 0) is 9.53 Å². The molecule has 0 saturated carbocycles. The number of fused-ring (bicyclic) bond motifs is 1. The predicted octanol–water partition coefficient (Wildman–Crippen LogP) is 4.13. The van der Waals surface area contributed by atoms with Crippen LogP contribution < -0.4 is 14.9 Å². The molecule has 1 atom stereocenters. The van der Waals surface area contributed by atoms with E-state index in [-0.39, 0.29) is 12.2 Å². The van der Waals surface area contributed by atoms with E-state index < -0.39 is 12.0 Å². The second-order valence-corrected chi connectivity index (χ2v) is 8.42. The van der Waals surface area contributed by atoms with Crippen molar-refractivity contribution in [3.63, 3.8) is 0 Å². The molecule has 1 aromatic heterocycles. The van der Waals surface area contributed by atoms with Gasteiger partial charge in [0, 0.05) is 0 Å². The summed E-state index contributed by atoms with van der Waals surface area (Å²) in [6.45, 7) is 3.79. The molecule has 0 aliphatic carbocycles. The number of carbonyl (C=O) groups excluding carboxylic acids is 1. The predicted molar refractivity (Wildman–Crippen MR) is 133 cm³/mol. The standard InChI is InChI=1S/C27H24N2O3S/c1-3-32-26(31)24-19(2)28-27-29(22(24)18-17-21-13-8-5-9-14-21)25(30)23(33-27)16-10-15-20-11-6-4-7-12-20/h4-18,22H,3H2,1-2H3/b15-10-,18-17+,23-16+/t22-/m0/s1. The van der Waals surface area contributed by atoms with Gasteiger partial charge in [-0.2, -0.15) is 0 Å². The van der Waals surface area contributed by atoms with E-state index in [0.717, 1.165) is 11.1 Å². The molecule has 2 heterocycles. The topological polar surface area (TPSA) is 60.7 Å². The molecule has 0 fully saturated rings. The summed E-state index contributed by atoms with van der Waals surface area (Å²) in [4.78, 5) is 31.3. The van der Waals surface area contributed by atoms with Gasteiger partial charge in [0.2, 0.25) is 0 Å². The molecule has 0 radical (unpaired) electrons.